The van der Waals surface area contributed by atoms with Crippen LogP contribution in [0.3, 0.4) is 0 Å². The van der Waals surface area contributed by atoms with Crippen molar-refractivity contribution in [3.63, 3.8) is 0 Å². The summed E-state index contributed by atoms with van der Waals surface area (Å²) in [5.41, 5.74) is 11.2. The maximum atomic E-state index is 10.2. The van der Waals surface area contributed by atoms with Crippen LogP contribution >= 0.6 is 0 Å². The second-order valence-corrected chi connectivity index (χ2v) is 11.9. The highest BCUT2D eigenvalue weighted by atomic mass is 15.0. The van der Waals surface area contributed by atoms with E-state index in [0.717, 1.165) is 66.5 Å². The highest BCUT2D eigenvalue weighted by Crippen LogP contribution is 2.43. The second-order valence-electron chi connectivity index (χ2n) is 11.9. The number of nitrogens with zero attached hydrogens (tertiary/aromatic N) is 4. The summed E-state index contributed by atoms with van der Waals surface area (Å²) in [5, 5.41) is 14.7. The zero-order valence-corrected chi connectivity index (χ0v) is 25.8. The Morgan fingerprint density at radius 1 is 0.479 bits per heavy atom. The molecule has 0 atom stereocenters. The number of rotatable bonds is 4. The van der Waals surface area contributed by atoms with E-state index in [1.54, 1.807) is 0 Å². The van der Waals surface area contributed by atoms with Crippen LogP contribution < -0.4 is 0 Å². The zero-order valence-electron chi connectivity index (χ0n) is 25.8. The fraction of sp³-hybridized carbons (Fsp3) is 0. The summed E-state index contributed by atoms with van der Waals surface area (Å²) in [5.74, 6) is 0. The second kappa shape index (κ2) is 10.9. The third-order valence-electron chi connectivity index (χ3n) is 9.41. The fourth-order valence-electron chi connectivity index (χ4n) is 7.39. The summed E-state index contributed by atoms with van der Waals surface area (Å²) in [6, 6.07) is 56.5. The molecule has 0 unspecified atom stereocenters. The van der Waals surface area contributed by atoms with Gasteiger partial charge in [0, 0.05) is 32.8 Å². The highest BCUT2D eigenvalue weighted by molar-refractivity contribution is 6.12. The maximum absolute atomic E-state index is 10.2. The van der Waals surface area contributed by atoms with E-state index >= 15 is 0 Å². The molecule has 0 saturated carbocycles. The minimum atomic E-state index is 0.591. The lowest BCUT2D eigenvalue weighted by atomic mass is 9.92. The van der Waals surface area contributed by atoms with E-state index < -0.39 is 0 Å². The molecule has 0 saturated heterocycles. The Labute approximate surface area is 277 Å². The lowest BCUT2D eigenvalue weighted by molar-refractivity contribution is 1.18. The number of aromatic nitrogens is 2. The Bertz CT molecular complexity index is 2760. The Morgan fingerprint density at radius 2 is 1.00 bits per heavy atom. The normalized spacial score (nSPS) is 11.3. The molecule has 0 amide bonds. The minimum absolute atomic E-state index is 0.591. The van der Waals surface area contributed by atoms with Crippen molar-refractivity contribution < 1.29 is 0 Å². The molecule has 4 nitrogen and oxygen atoms in total. The summed E-state index contributed by atoms with van der Waals surface area (Å²) >= 11 is 0. The number of fused-ring (bicyclic) bond motifs is 6. The third-order valence-corrected chi connectivity index (χ3v) is 9.41. The largest absolute Gasteiger partial charge is 0.309 e. The number of hydrogen-bond acceptors (Lipinski definition) is 1. The van der Waals surface area contributed by atoms with E-state index in [1.807, 2.05) is 48.5 Å². The van der Waals surface area contributed by atoms with Crippen molar-refractivity contribution in [2.45, 2.75) is 0 Å². The SMILES string of the molecule is [C-]#[N+]c1ccc(-n2c3ccccc3c3ccccc32)cc1-c1ccccc1-c1ccccc1-n1c2ccccc2c2cccc(C#N)c21. The predicted molar refractivity (Wildman–Crippen MR) is 197 cm³/mol. The summed E-state index contributed by atoms with van der Waals surface area (Å²) in [6.45, 7) is 8.18. The van der Waals surface area contributed by atoms with Crippen molar-refractivity contribution in [1.82, 2.24) is 9.13 Å². The Balaban J connectivity index is 1.31. The quantitative estimate of drug-likeness (QED) is 0.183. The molecule has 9 aromatic rings. The molecule has 222 valence electrons. The van der Waals surface area contributed by atoms with Gasteiger partial charge < -0.3 is 9.13 Å². The summed E-state index contributed by atoms with van der Waals surface area (Å²) in [6.07, 6.45) is 0. The van der Waals surface area contributed by atoms with Gasteiger partial charge in [-0.1, -0.05) is 115 Å². The minimum Gasteiger partial charge on any atom is -0.309 e. The predicted octanol–water partition coefficient (Wildman–Crippen LogP) is 11.6. The van der Waals surface area contributed by atoms with Gasteiger partial charge in [-0.2, -0.15) is 5.26 Å². The molecule has 0 fully saturated rings. The average molecular weight is 611 g/mol. The van der Waals surface area contributed by atoms with Gasteiger partial charge in [0.15, 0.2) is 5.69 Å². The van der Waals surface area contributed by atoms with Crippen molar-refractivity contribution in [1.29, 1.82) is 5.26 Å². The van der Waals surface area contributed by atoms with E-state index in [2.05, 4.69) is 129 Å². The summed E-state index contributed by atoms with van der Waals surface area (Å²) in [4.78, 5) is 4.01. The van der Waals surface area contributed by atoms with E-state index in [-0.39, 0.29) is 0 Å². The molecule has 0 aliphatic heterocycles. The number of hydrogen-bond donors (Lipinski definition) is 0. The van der Waals surface area contributed by atoms with Gasteiger partial charge in [0.1, 0.15) is 6.07 Å². The van der Waals surface area contributed by atoms with Crippen LogP contribution in [0.5, 0.6) is 0 Å². The molecule has 0 aliphatic carbocycles. The van der Waals surface area contributed by atoms with Gasteiger partial charge in [-0.05, 0) is 59.2 Å². The van der Waals surface area contributed by atoms with Crippen molar-refractivity contribution in [3.05, 3.63) is 175 Å². The van der Waals surface area contributed by atoms with E-state index in [4.69, 9.17) is 6.57 Å². The molecule has 0 bridgehead atoms. The molecule has 4 heteroatoms. The van der Waals surface area contributed by atoms with Crippen molar-refractivity contribution in [2.75, 3.05) is 0 Å². The molecule has 7 aromatic carbocycles. The molecular formula is C44H26N4. The summed E-state index contributed by atoms with van der Waals surface area (Å²) < 4.78 is 4.51. The fourth-order valence-corrected chi connectivity index (χ4v) is 7.39. The van der Waals surface area contributed by atoms with Gasteiger partial charge in [0.25, 0.3) is 0 Å². The van der Waals surface area contributed by atoms with Crippen LogP contribution in [0, 0.1) is 17.9 Å². The Morgan fingerprint density at radius 3 is 1.65 bits per heavy atom. The van der Waals surface area contributed by atoms with Crippen LogP contribution in [0.25, 0.3) is 82.1 Å². The first kappa shape index (κ1) is 27.4. The first-order chi connectivity index (χ1) is 23.8. The molecular weight excluding hydrogens is 585 g/mol. The average Bonchev–Trinajstić information content (AvgIpc) is 3.68. The van der Waals surface area contributed by atoms with Crippen molar-refractivity contribution in [2.24, 2.45) is 0 Å². The van der Waals surface area contributed by atoms with Crippen LogP contribution in [0.15, 0.2) is 158 Å². The summed E-state index contributed by atoms with van der Waals surface area (Å²) in [7, 11) is 0. The van der Waals surface area contributed by atoms with E-state index in [9.17, 15) is 5.26 Å². The first-order valence-corrected chi connectivity index (χ1v) is 15.9. The monoisotopic (exact) mass is 610 g/mol. The Hall–Kier alpha value is -6.88. The van der Waals surface area contributed by atoms with Gasteiger partial charge >= 0.3 is 0 Å². The van der Waals surface area contributed by atoms with Crippen molar-refractivity contribution in [3.8, 4) is 39.7 Å². The maximum Gasteiger partial charge on any atom is 0.195 e. The number of nitriles is 1. The molecule has 48 heavy (non-hydrogen) atoms. The number of para-hydroxylation sites is 5. The van der Waals surface area contributed by atoms with Gasteiger partial charge in [0.2, 0.25) is 0 Å². The Kier molecular flexibility index (Phi) is 6.22. The van der Waals surface area contributed by atoms with Gasteiger partial charge in [-0.25, -0.2) is 4.85 Å². The standard InChI is InChI=1S/C44H26N4/c1-46-39-26-25-30(47-40-21-8-5-17-34(40)35-18-6-9-22-41(35)47)27-38(39)32-15-3-2-14-31(32)33-16-4-10-23-42(33)48-43-24-11-7-19-36(43)37-20-12-13-29(28-45)44(37)48/h2-27H. The van der Waals surface area contributed by atoms with Crippen LogP contribution in [-0.4, -0.2) is 9.13 Å². The highest BCUT2D eigenvalue weighted by Gasteiger charge is 2.21. The molecule has 0 aliphatic rings. The molecule has 9 rings (SSSR count). The smallest absolute Gasteiger partial charge is 0.195 e. The van der Waals surface area contributed by atoms with Gasteiger partial charge in [-0.3, -0.25) is 0 Å². The topological polar surface area (TPSA) is 38.0 Å². The molecule has 2 aromatic heterocycles. The van der Waals surface area contributed by atoms with Crippen molar-refractivity contribution >= 4 is 49.3 Å². The van der Waals surface area contributed by atoms with E-state index in [1.165, 1.54) is 10.8 Å². The van der Waals surface area contributed by atoms with Crippen LogP contribution in [0.2, 0.25) is 0 Å². The van der Waals surface area contributed by atoms with Gasteiger partial charge in [0.05, 0.1) is 39.9 Å². The zero-order chi connectivity index (χ0) is 32.2. The first-order valence-electron chi connectivity index (χ1n) is 15.9. The molecule has 0 spiro atoms. The third kappa shape index (κ3) is 4.01. The van der Waals surface area contributed by atoms with Crippen LogP contribution in [-0.2, 0) is 0 Å². The molecule has 0 N–H and O–H groups in total. The molecule has 2 heterocycles. The lowest BCUT2D eigenvalue weighted by Crippen LogP contribution is -1.99. The van der Waals surface area contributed by atoms with E-state index in [0.29, 0.717) is 11.3 Å². The molecule has 0 radical (unpaired) electrons. The van der Waals surface area contributed by atoms with Crippen LogP contribution in [0.4, 0.5) is 5.69 Å². The van der Waals surface area contributed by atoms with Crippen LogP contribution in [0.1, 0.15) is 5.56 Å². The lowest BCUT2D eigenvalue weighted by Gasteiger charge is -2.18. The van der Waals surface area contributed by atoms with Gasteiger partial charge in [-0.15, -0.1) is 0 Å². The number of benzene rings is 7.